The number of nitrogens with one attached hydrogen (secondary N) is 1. The molecule has 0 aliphatic rings. The van der Waals surface area contributed by atoms with Crippen LogP contribution in [-0.4, -0.2) is 30.7 Å². The summed E-state index contributed by atoms with van der Waals surface area (Å²) < 4.78 is 10.2. The maximum absolute atomic E-state index is 11.9. The van der Waals surface area contributed by atoms with Gasteiger partial charge in [-0.05, 0) is 25.5 Å². The number of anilines is 1. The molecule has 1 atom stereocenters. The fraction of sp³-hybridized carbons (Fsp3) is 0.357. The van der Waals surface area contributed by atoms with Crippen molar-refractivity contribution in [1.29, 1.82) is 0 Å². The van der Waals surface area contributed by atoms with Crippen molar-refractivity contribution < 1.29 is 19.2 Å². The first-order chi connectivity index (χ1) is 9.99. The van der Waals surface area contributed by atoms with E-state index in [2.05, 4.69) is 11.9 Å². The highest BCUT2D eigenvalue weighted by atomic mass is 16.6. The van der Waals surface area contributed by atoms with Gasteiger partial charge in [-0.1, -0.05) is 6.08 Å². The number of nitro groups is 1. The summed E-state index contributed by atoms with van der Waals surface area (Å²) in [7, 11) is 1.41. The molecule has 0 heterocycles. The van der Waals surface area contributed by atoms with Crippen molar-refractivity contribution in [3.63, 3.8) is 0 Å². The highest BCUT2D eigenvalue weighted by molar-refractivity contribution is 5.96. The zero-order valence-electron chi connectivity index (χ0n) is 12.0. The Morgan fingerprint density at radius 2 is 2.29 bits per heavy atom. The Kier molecular flexibility index (Phi) is 6.35. The number of methoxy groups -OCH3 is 1. The van der Waals surface area contributed by atoms with Crippen LogP contribution < -0.4 is 10.1 Å². The molecule has 7 nitrogen and oxygen atoms in total. The number of ether oxygens (including phenoxy) is 2. The van der Waals surface area contributed by atoms with Crippen molar-refractivity contribution >= 4 is 17.3 Å². The third kappa shape index (κ3) is 4.88. The van der Waals surface area contributed by atoms with Crippen molar-refractivity contribution in [2.45, 2.75) is 19.4 Å². The summed E-state index contributed by atoms with van der Waals surface area (Å²) in [5.74, 6) is -0.109. The fourth-order valence-corrected chi connectivity index (χ4v) is 1.53. The smallest absolute Gasteiger partial charge is 0.296 e. The lowest BCUT2D eigenvalue weighted by Gasteiger charge is -2.13. The summed E-state index contributed by atoms with van der Waals surface area (Å²) in [6.07, 6.45) is 1.59. The lowest BCUT2D eigenvalue weighted by molar-refractivity contribution is -0.384. The third-order valence-corrected chi connectivity index (χ3v) is 2.72. The Labute approximate surface area is 122 Å². The van der Waals surface area contributed by atoms with E-state index in [1.54, 1.807) is 13.0 Å². The van der Waals surface area contributed by atoms with E-state index in [1.807, 2.05) is 0 Å². The number of nitrogens with zero attached hydrogens (tertiary/aromatic N) is 1. The van der Waals surface area contributed by atoms with Gasteiger partial charge in [-0.25, -0.2) is 0 Å². The molecule has 0 fully saturated rings. The standard InChI is InChI=1S/C14H18N2O5/c1-4-5-8-21-10(2)14(17)15-12-7-6-11(20-3)9-13(12)16(18)19/h4,6-7,9-10H,1,5,8H2,2-3H3,(H,15,17). The summed E-state index contributed by atoms with van der Waals surface area (Å²) >= 11 is 0. The van der Waals surface area contributed by atoms with Gasteiger partial charge in [0.25, 0.3) is 11.6 Å². The van der Waals surface area contributed by atoms with Crippen molar-refractivity contribution in [1.82, 2.24) is 0 Å². The number of carbonyl (C=O) groups excluding carboxylic acids is 1. The van der Waals surface area contributed by atoms with Gasteiger partial charge in [0.05, 0.1) is 24.7 Å². The van der Waals surface area contributed by atoms with Gasteiger partial charge < -0.3 is 14.8 Å². The maximum atomic E-state index is 11.9. The van der Waals surface area contributed by atoms with E-state index >= 15 is 0 Å². The molecule has 1 N–H and O–H groups in total. The number of carbonyl (C=O) groups is 1. The second-order valence-electron chi connectivity index (χ2n) is 4.22. The monoisotopic (exact) mass is 294 g/mol. The second-order valence-corrected chi connectivity index (χ2v) is 4.22. The molecule has 114 valence electrons. The first-order valence-corrected chi connectivity index (χ1v) is 6.35. The van der Waals surface area contributed by atoms with E-state index < -0.39 is 16.9 Å². The molecular weight excluding hydrogens is 276 g/mol. The maximum Gasteiger partial charge on any atom is 0.296 e. The van der Waals surface area contributed by atoms with Crippen LogP contribution in [0.2, 0.25) is 0 Å². The van der Waals surface area contributed by atoms with E-state index in [0.717, 1.165) is 0 Å². The van der Waals surface area contributed by atoms with E-state index in [1.165, 1.54) is 25.3 Å². The Morgan fingerprint density at radius 1 is 1.57 bits per heavy atom. The molecule has 0 radical (unpaired) electrons. The molecule has 1 rings (SSSR count). The lowest BCUT2D eigenvalue weighted by Crippen LogP contribution is -2.28. The molecule has 0 aliphatic carbocycles. The van der Waals surface area contributed by atoms with Crippen molar-refractivity contribution in [3.05, 3.63) is 41.0 Å². The van der Waals surface area contributed by atoms with Gasteiger partial charge in [0.2, 0.25) is 0 Å². The van der Waals surface area contributed by atoms with Gasteiger partial charge in [-0.15, -0.1) is 6.58 Å². The van der Waals surface area contributed by atoms with E-state index in [0.29, 0.717) is 18.8 Å². The molecule has 1 aromatic rings. The quantitative estimate of drug-likeness (QED) is 0.344. The summed E-state index contributed by atoms with van der Waals surface area (Å²) in [5.41, 5.74) is -0.133. The predicted molar refractivity (Wildman–Crippen MR) is 78.5 cm³/mol. The molecular formula is C14H18N2O5. The SMILES string of the molecule is C=CCCOC(C)C(=O)Nc1ccc(OC)cc1[N+](=O)[O-]. The van der Waals surface area contributed by atoms with Crippen molar-refractivity contribution in [3.8, 4) is 5.75 Å². The van der Waals surface area contributed by atoms with Crippen LogP contribution in [0.25, 0.3) is 0 Å². The first-order valence-electron chi connectivity index (χ1n) is 6.35. The second kappa shape index (κ2) is 8.01. The number of hydrogen-bond acceptors (Lipinski definition) is 5. The van der Waals surface area contributed by atoms with Gasteiger partial charge in [-0.2, -0.15) is 0 Å². The Hall–Kier alpha value is -2.41. The van der Waals surface area contributed by atoms with Gasteiger partial charge in [0, 0.05) is 0 Å². The molecule has 0 saturated heterocycles. The Morgan fingerprint density at radius 3 is 2.86 bits per heavy atom. The van der Waals surface area contributed by atoms with Crippen LogP contribution in [0, 0.1) is 10.1 Å². The zero-order chi connectivity index (χ0) is 15.8. The van der Waals surface area contributed by atoms with E-state index in [9.17, 15) is 14.9 Å². The molecule has 0 aromatic heterocycles. The van der Waals surface area contributed by atoms with Crippen molar-refractivity contribution in [2.75, 3.05) is 19.0 Å². The Balaban J connectivity index is 2.79. The van der Waals surface area contributed by atoms with Crippen LogP contribution in [0.3, 0.4) is 0 Å². The van der Waals surface area contributed by atoms with Crippen molar-refractivity contribution in [2.24, 2.45) is 0 Å². The van der Waals surface area contributed by atoms with Crippen LogP contribution in [0.15, 0.2) is 30.9 Å². The zero-order valence-corrected chi connectivity index (χ0v) is 12.0. The molecule has 1 aromatic carbocycles. The molecule has 7 heteroatoms. The minimum atomic E-state index is -0.716. The summed E-state index contributed by atoms with van der Waals surface area (Å²) in [6.45, 7) is 5.49. The molecule has 0 aliphatic heterocycles. The van der Waals surface area contributed by atoms with Crippen LogP contribution in [-0.2, 0) is 9.53 Å². The van der Waals surface area contributed by atoms with Crippen LogP contribution in [0.4, 0.5) is 11.4 Å². The van der Waals surface area contributed by atoms with Gasteiger partial charge in [-0.3, -0.25) is 14.9 Å². The van der Waals surface area contributed by atoms with Gasteiger partial charge in [0.15, 0.2) is 0 Å². The molecule has 21 heavy (non-hydrogen) atoms. The Bertz CT molecular complexity index is 530. The first kappa shape index (κ1) is 16.6. The van der Waals surface area contributed by atoms with Crippen LogP contribution >= 0.6 is 0 Å². The average molecular weight is 294 g/mol. The topological polar surface area (TPSA) is 90.7 Å². The highest BCUT2D eigenvalue weighted by Crippen LogP contribution is 2.29. The highest BCUT2D eigenvalue weighted by Gasteiger charge is 2.20. The largest absolute Gasteiger partial charge is 0.496 e. The fourth-order valence-electron chi connectivity index (χ4n) is 1.53. The number of rotatable bonds is 8. The number of nitro benzene ring substituents is 1. The molecule has 0 saturated carbocycles. The van der Waals surface area contributed by atoms with Gasteiger partial charge in [0.1, 0.15) is 17.5 Å². The lowest BCUT2D eigenvalue weighted by atomic mass is 10.2. The molecule has 0 bridgehead atoms. The summed E-state index contributed by atoms with van der Waals surface area (Å²) in [5, 5.41) is 13.5. The molecule has 0 spiro atoms. The third-order valence-electron chi connectivity index (χ3n) is 2.72. The number of hydrogen-bond donors (Lipinski definition) is 1. The van der Waals surface area contributed by atoms with Gasteiger partial charge >= 0.3 is 0 Å². The minimum Gasteiger partial charge on any atom is -0.496 e. The normalized spacial score (nSPS) is 11.5. The number of benzene rings is 1. The van der Waals surface area contributed by atoms with Crippen LogP contribution in [0.5, 0.6) is 5.75 Å². The summed E-state index contributed by atoms with van der Waals surface area (Å²) in [6, 6.07) is 4.20. The minimum absolute atomic E-state index is 0.102. The van der Waals surface area contributed by atoms with E-state index in [4.69, 9.17) is 9.47 Å². The summed E-state index contributed by atoms with van der Waals surface area (Å²) in [4.78, 5) is 22.3. The number of amides is 1. The molecule has 1 unspecified atom stereocenters. The van der Waals surface area contributed by atoms with Crippen LogP contribution in [0.1, 0.15) is 13.3 Å². The average Bonchev–Trinajstić information content (AvgIpc) is 2.47. The van der Waals surface area contributed by atoms with E-state index in [-0.39, 0.29) is 11.4 Å². The predicted octanol–water partition coefficient (Wildman–Crippen LogP) is 2.52. The molecule has 1 amide bonds.